The third-order valence-electron chi connectivity index (χ3n) is 6.45. The normalized spacial score (nSPS) is 18.4. The first-order chi connectivity index (χ1) is 14.2. The maximum atomic E-state index is 14.3. The zero-order valence-electron chi connectivity index (χ0n) is 16.8. The Kier molecular flexibility index (Phi) is 4.86. The van der Waals surface area contributed by atoms with E-state index < -0.39 is 5.82 Å². The molecule has 2 aromatic heterocycles. The number of rotatable bonds is 3. The maximum absolute atomic E-state index is 14.3. The van der Waals surface area contributed by atoms with Gasteiger partial charge in [-0.3, -0.25) is 0 Å². The zero-order valence-corrected chi connectivity index (χ0v) is 16.8. The van der Waals surface area contributed by atoms with Gasteiger partial charge in [0.2, 0.25) is 0 Å². The first-order valence-corrected chi connectivity index (χ1v) is 10.9. The number of anilines is 2. The minimum Gasteiger partial charge on any atom is -0.396 e. The van der Waals surface area contributed by atoms with Crippen LogP contribution in [0.5, 0.6) is 0 Å². The Bertz CT molecular complexity index is 1020. The summed E-state index contributed by atoms with van der Waals surface area (Å²) in [7, 11) is 0. The van der Waals surface area contributed by atoms with E-state index in [1.54, 1.807) is 6.07 Å². The van der Waals surface area contributed by atoms with Crippen molar-refractivity contribution >= 4 is 22.5 Å². The number of benzene rings is 1. The fraction of sp³-hybridized carbons (Fsp3) is 0.478. The molecule has 0 amide bonds. The molecule has 2 fully saturated rings. The summed E-state index contributed by atoms with van der Waals surface area (Å²) < 4.78 is 16.5. The molecule has 5 nitrogen and oxygen atoms in total. The lowest BCUT2D eigenvalue weighted by Crippen LogP contribution is -2.29. The van der Waals surface area contributed by atoms with Crippen molar-refractivity contribution in [1.82, 2.24) is 14.5 Å². The van der Waals surface area contributed by atoms with E-state index >= 15 is 0 Å². The minimum atomic E-state index is -0.394. The third-order valence-corrected chi connectivity index (χ3v) is 6.45. The van der Waals surface area contributed by atoms with Crippen LogP contribution in [-0.2, 0) is 0 Å². The topological polar surface area (TPSA) is 60.0 Å². The van der Waals surface area contributed by atoms with Crippen molar-refractivity contribution in [2.24, 2.45) is 0 Å². The van der Waals surface area contributed by atoms with Crippen molar-refractivity contribution < 1.29 is 4.39 Å². The highest BCUT2D eigenvalue weighted by atomic mass is 19.1. The molecule has 2 N–H and O–H groups in total. The molecular weight excluding hydrogens is 365 g/mol. The van der Waals surface area contributed by atoms with Gasteiger partial charge in [0.05, 0.1) is 11.4 Å². The molecule has 0 spiro atoms. The second kappa shape index (κ2) is 7.65. The van der Waals surface area contributed by atoms with E-state index in [1.807, 2.05) is 12.3 Å². The molecule has 1 aromatic carbocycles. The maximum Gasteiger partial charge on any atom is 0.162 e. The Balaban J connectivity index is 1.70. The van der Waals surface area contributed by atoms with Gasteiger partial charge in [-0.25, -0.2) is 14.4 Å². The summed E-state index contributed by atoms with van der Waals surface area (Å²) in [6, 6.07) is 7.46. The van der Waals surface area contributed by atoms with E-state index in [4.69, 9.17) is 15.7 Å². The van der Waals surface area contributed by atoms with Gasteiger partial charge in [0, 0.05) is 30.9 Å². The van der Waals surface area contributed by atoms with E-state index in [2.05, 4.69) is 15.5 Å². The molecule has 5 rings (SSSR count). The Hall–Kier alpha value is -2.63. The average Bonchev–Trinajstić information content (AvgIpc) is 3.16. The van der Waals surface area contributed by atoms with Crippen molar-refractivity contribution in [3.05, 3.63) is 36.3 Å². The van der Waals surface area contributed by atoms with Crippen LogP contribution in [0.3, 0.4) is 0 Å². The minimum absolute atomic E-state index is 0.168. The van der Waals surface area contributed by atoms with Crippen molar-refractivity contribution in [2.45, 2.75) is 57.4 Å². The SMILES string of the molecule is Nc1ccc(-c2nc3c(N4CCCCC4)ccnc3n2C2CCCCC2)cc1F. The van der Waals surface area contributed by atoms with E-state index in [9.17, 15) is 4.39 Å². The molecule has 0 radical (unpaired) electrons. The largest absolute Gasteiger partial charge is 0.396 e. The van der Waals surface area contributed by atoms with Gasteiger partial charge in [0.1, 0.15) is 17.2 Å². The van der Waals surface area contributed by atoms with Crippen LogP contribution in [0.25, 0.3) is 22.6 Å². The van der Waals surface area contributed by atoms with E-state index in [0.717, 1.165) is 54.2 Å². The lowest BCUT2D eigenvalue weighted by molar-refractivity contribution is 0.361. The standard InChI is InChI=1S/C23H28FN5/c24-18-15-16(9-10-19(18)25)22-27-21-20(28-13-5-2-6-14-28)11-12-26-23(21)29(22)17-7-3-1-4-8-17/h9-12,15,17H,1-8,13-14,25H2. The molecule has 0 bridgehead atoms. The van der Waals surface area contributed by atoms with Crippen molar-refractivity contribution in [1.29, 1.82) is 0 Å². The molecule has 1 saturated carbocycles. The second-order valence-electron chi connectivity index (χ2n) is 8.38. The number of hydrogen-bond donors (Lipinski definition) is 1. The quantitative estimate of drug-likeness (QED) is 0.612. The number of piperidine rings is 1. The van der Waals surface area contributed by atoms with Gasteiger partial charge < -0.3 is 15.2 Å². The first-order valence-electron chi connectivity index (χ1n) is 10.9. The number of hydrogen-bond acceptors (Lipinski definition) is 4. The fourth-order valence-corrected chi connectivity index (χ4v) is 4.92. The van der Waals surface area contributed by atoms with Crippen LogP contribution >= 0.6 is 0 Å². The van der Waals surface area contributed by atoms with E-state index in [1.165, 1.54) is 44.6 Å². The van der Waals surface area contributed by atoms with Gasteiger partial charge in [-0.2, -0.15) is 0 Å². The third kappa shape index (κ3) is 3.34. The van der Waals surface area contributed by atoms with Crippen LogP contribution in [0.4, 0.5) is 15.8 Å². The fourth-order valence-electron chi connectivity index (χ4n) is 4.92. The summed E-state index contributed by atoms with van der Waals surface area (Å²) in [5.41, 5.74) is 9.67. The Morgan fingerprint density at radius 2 is 1.72 bits per heavy atom. The average molecular weight is 394 g/mol. The van der Waals surface area contributed by atoms with Crippen LogP contribution in [0, 0.1) is 5.82 Å². The van der Waals surface area contributed by atoms with Crippen molar-refractivity contribution in [2.75, 3.05) is 23.7 Å². The van der Waals surface area contributed by atoms with Crippen molar-refractivity contribution in [3.8, 4) is 11.4 Å². The lowest BCUT2D eigenvalue weighted by Gasteiger charge is -2.29. The first kappa shape index (κ1) is 18.4. The molecular formula is C23H28FN5. The molecule has 2 aliphatic rings. The Morgan fingerprint density at radius 3 is 2.48 bits per heavy atom. The summed E-state index contributed by atoms with van der Waals surface area (Å²) in [6.07, 6.45) is 11.6. The number of imidazole rings is 1. The molecule has 29 heavy (non-hydrogen) atoms. The number of nitrogens with two attached hydrogens (primary N) is 1. The van der Waals surface area contributed by atoms with Gasteiger partial charge >= 0.3 is 0 Å². The predicted molar refractivity (Wildman–Crippen MR) is 116 cm³/mol. The van der Waals surface area contributed by atoms with Crippen LogP contribution in [0.2, 0.25) is 0 Å². The molecule has 3 aromatic rings. The summed E-state index contributed by atoms with van der Waals surface area (Å²) in [4.78, 5) is 12.2. The monoisotopic (exact) mass is 393 g/mol. The highest BCUT2D eigenvalue weighted by Crippen LogP contribution is 2.38. The second-order valence-corrected chi connectivity index (χ2v) is 8.38. The van der Waals surface area contributed by atoms with Gasteiger partial charge in [-0.1, -0.05) is 19.3 Å². The van der Waals surface area contributed by atoms with E-state index in [-0.39, 0.29) is 5.69 Å². The van der Waals surface area contributed by atoms with Gasteiger partial charge in [0.25, 0.3) is 0 Å². The highest BCUT2D eigenvalue weighted by molar-refractivity contribution is 5.89. The summed E-state index contributed by atoms with van der Waals surface area (Å²) in [5.74, 6) is 0.414. The molecule has 1 aliphatic carbocycles. The van der Waals surface area contributed by atoms with E-state index in [0.29, 0.717) is 6.04 Å². The predicted octanol–water partition coefficient (Wildman–Crippen LogP) is 5.32. The van der Waals surface area contributed by atoms with Crippen LogP contribution < -0.4 is 10.6 Å². The molecule has 6 heteroatoms. The number of fused-ring (bicyclic) bond motifs is 1. The molecule has 1 saturated heterocycles. The molecule has 1 aliphatic heterocycles. The number of nitrogens with zero attached hydrogens (tertiary/aromatic N) is 4. The molecule has 3 heterocycles. The Morgan fingerprint density at radius 1 is 0.966 bits per heavy atom. The number of nitrogen functional groups attached to an aromatic ring is 1. The number of pyridine rings is 1. The van der Waals surface area contributed by atoms with Gasteiger partial charge in [-0.05, 0) is 56.4 Å². The number of halogens is 1. The molecule has 0 atom stereocenters. The Labute approximate surface area is 170 Å². The van der Waals surface area contributed by atoms with Crippen LogP contribution in [0.1, 0.15) is 57.4 Å². The smallest absolute Gasteiger partial charge is 0.162 e. The van der Waals surface area contributed by atoms with Crippen molar-refractivity contribution in [3.63, 3.8) is 0 Å². The summed E-state index contributed by atoms with van der Waals surface area (Å²) >= 11 is 0. The number of aromatic nitrogens is 3. The van der Waals surface area contributed by atoms with Crippen LogP contribution in [-0.4, -0.2) is 27.6 Å². The lowest BCUT2D eigenvalue weighted by atomic mass is 9.95. The molecule has 152 valence electrons. The van der Waals surface area contributed by atoms with Gasteiger partial charge in [-0.15, -0.1) is 0 Å². The highest BCUT2D eigenvalue weighted by Gasteiger charge is 2.26. The zero-order chi connectivity index (χ0) is 19.8. The summed E-state index contributed by atoms with van der Waals surface area (Å²) in [5, 5.41) is 0. The molecule has 0 unspecified atom stereocenters. The summed E-state index contributed by atoms with van der Waals surface area (Å²) in [6.45, 7) is 2.11. The van der Waals surface area contributed by atoms with Crippen LogP contribution in [0.15, 0.2) is 30.5 Å². The van der Waals surface area contributed by atoms with Gasteiger partial charge in [0.15, 0.2) is 5.65 Å².